The molecule has 20 heavy (non-hydrogen) atoms. The number of hydrogen-bond acceptors (Lipinski definition) is 5. The van der Waals surface area contributed by atoms with Gasteiger partial charge in [-0.2, -0.15) is 10.1 Å². The number of H-pyrrole nitrogens is 1. The fourth-order valence-electron chi connectivity index (χ4n) is 1.48. The highest BCUT2D eigenvalue weighted by Crippen LogP contribution is 2.17. The number of carbonyl (C=O) groups is 2. The first kappa shape index (κ1) is 13.5. The lowest BCUT2D eigenvalue weighted by Crippen LogP contribution is -2.29. The molecule has 3 N–H and O–H groups in total. The number of carbonyl (C=O) groups excluding carboxylic acids is 2. The lowest BCUT2D eigenvalue weighted by Gasteiger charge is -2.13. The SMILES string of the molecule is CN(C)c1cccc(NC(=O)C(=O)Nc2ncn[nH]2)c1. The Kier molecular flexibility index (Phi) is 3.94. The molecule has 0 radical (unpaired) electrons. The molecule has 2 amide bonds. The Morgan fingerprint density at radius 1 is 1.20 bits per heavy atom. The molecule has 2 rings (SSSR count). The monoisotopic (exact) mass is 274 g/mol. The van der Waals surface area contributed by atoms with Crippen molar-refractivity contribution in [1.82, 2.24) is 15.2 Å². The number of amides is 2. The molecule has 0 aliphatic carbocycles. The molecule has 1 aromatic heterocycles. The van der Waals surface area contributed by atoms with E-state index >= 15 is 0 Å². The van der Waals surface area contributed by atoms with E-state index in [9.17, 15) is 9.59 Å². The Bertz CT molecular complexity index is 608. The minimum absolute atomic E-state index is 0.118. The van der Waals surface area contributed by atoms with Crippen molar-refractivity contribution in [2.45, 2.75) is 0 Å². The van der Waals surface area contributed by atoms with Crippen molar-refractivity contribution in [1.29, 1.82) is 0 Å². The largest absolute Gasteiger partial charge is 0.378 e. The fourth-order valence-corrected chi connectivity index (χ4v) is 1.48. The summed E-state index contributed by atoms with van der Waals surface area (Å²) in [5.41, 5.74) is 1.45. The molecule has 104 valence electrons. The third kappa shape index (κ3) is 3.31. The lowest BCUT2D eigenvalue weighted by atomic mass is 10.2. The lowest BCUT2D eigenvalue weighted by molar-refractivity contribution is -0.133. The predicted molar refractivity (Wildman–Crippen MR) is 74.4 cm³/mol. The van der Waals surface area contributed by atoms with Crippen molar-refractivity contribution in [3.05, 3.63) is 30.6 Å². The molecule has 0 spiro atoms. The zero-order valence-corrected chi connectivity index (χ0v) is 11.0. The Morgan fingerprint density at radius 3 is 2.60 bits per heavy atom. The van der Waals surface area contributed by atoms with Gasteiger partial charge in [0.1, 0.15) is 6.33 Å². The molecule has 0 aliphatic heterocycles. The van der Waals surface area contributed by atoms with E-state index in [1.54, 1.807) is 18.2 Å². The highest BCUT2D eigenvalue weighted by Gasteiger charge is 2.15. The number of aromatic amines is 1. The predicted octanol–water partition coefficient (Wildman–Crippen LogP) is 0.448. The number of aromatic nitrogens is 3. The van der Waals surface area contributed by atoms with Crippen molar-refractivity contribution in [2.75, 3.05) is 29.6 Å². The summed E-state index contributed by atoms with van der Waals surface area (Å²) in [4.78, 5) is 28.9. The second-order valence-corrected chi connectivity index (χ2v) is 4.19. The number of nitrogens with zero attached hydrogens (tertiary/aromatic N) is 3. The molecular weight excluding hydrogens is 260 g/mol. The van der Waals surface area contributed by atoms with Gasteiger partial charge in [-0.3, -0.25) is 14.9 Å². The molecule has 0 saturated carbocycles. The van der Waals surface area contributed by atoms with Crippen LogP contribution in [0.15, 0.2) is 30.6 Å². The highest BCUT2D eigenvalue weighted by atomic mass is 16.2. The van der Waals surface area contributed by atoms with E-state index < -0.39 is 11.8 Å². The van der Waals surface area contributed by atoms with Crippen LogP contribution in [-0.4, -0.2) is 41.1 Å². The second kappa shape index (κ2) is 5.83. The standard InChI is InChI=1S/C12H14N6O2/c1-18(2)9-5-3-4-8(6-9)15-10(19)11(20)16-12-13-7-14-17-12/h3-7H,1-2H3,(H,15,19)(H2,13,14,16,17,20). The summed E-state index contributed by atoms with van der Waals surface area (Å²) in [6.45, 7) is 0. The van der Waals surface area contributed by atoms with Crippen LogP contribution in [0.1, 0.15) is 0 Å². The van der Waals surface area contributed by atoms with E-state index in [1.807, 2.05) is 25.1 Å². The summed E-state index contributed by atoms with van der Waals surface area (Å²) in [6.07, 6.45) is 1.23. The van der Waals surface area contributed by atoms with Gasteiger partial charge in [-0.1, -0.05) is 6.07 Å². The Morgan fingerprint density at radius 2 is 1.95 bits per heavy atom. The molecule has 8 nitrogen and oxygen atoms in total. The molecule has 0 bridgehead atoms. The molecule has 8 heteroatoms. The summed E-state index contributed by atoms with van der Waals surface area (Å²) in [5.74, 6) is -1.48. The van der Waals surface area contributed by atoms with Gasteiger partial charge >= 0.3 is 11.8 Å². The molecule has 1 heterocycles. The van der Waals surface area contributed by atoms with Gasteiger partial charge in [-0.15, -0.1) is 0 Å². The summed E-state index contributed by atoms with van der Waals surface area (Å²) in [7, 11) is 3.77. The van der Waals surface area contributed by atoms with Gasteiger partial charge in [0.05, 0.1) is 0 Å². The van der Waals surface area contributed by atoms with Crippen molar-refractivity contribution >= 4 is 29.1 Å². The molecule has 0 fully saturated rings. The molecule has 0 atom stereocenters. The maximum absolute atomic E-state index is 11.7. The minimum atomic E-state index is -0.822. The number of hydrogen-bond donors (Lipinski definition) is 3. The minimum Gasteiger partial charge on any atom is -0.378 e. The average Bonchev–Trinajstić information content (AvgIpc) is 2.91. The number of rotatable bonds is 3. The van der Waals surface area contributed by atoms with Crippen LogP contribution in [0.4, 0.5) is 17.3 Å². The second-order valence-electron chi connectivity index (χ2n) is 4.19. The Balaban J connectivity index is 2.00. The maximum Gasteiger partial charge on any atom is 0.316 e. The van der Waals surface area contributed by atoms with E-state index in [1.165, 1.54) is 6.33 Å². The molecular formula is C12H14N6O2. The Labute approximate surface area is 115 Å². The van der Waals surface area contributed by atoms with Crippen LogP contribution < -0.4 is 15.5 Å². The van der Waals surface area contributed by atoms with Gasteiger partial charge in [0.15, 0.2) is 0 Å². The Hall–Kier alpha value is -2.90. The molecule has 1 aromatic carbocycles. The van der Waals surface area contributed by atoms with Crippen LogP contribution in [0.5, 0.6) is 0 Å². The smallest absolute Gasteiger partial charge is 0.316 e. The van der Waals surface area contributed by atoms with E-state index in [-0.39, 0.29) is 5.95 Å². The van der Waals surface area contributed by atoms with Gasteiger partial charge in [0.2, 0.25) is 5.95 Å². The van der Waals surface area contributed by atoms with Crippen LogP contribution in [0.2, 0.25) is 0 Å². The maximum atomic E-state index is 11.7. The summed E-state index contributed by atoms with van der Waals surface area (Å²) < 4.78 is 0. The van der Waals surface area contributed by atoms with E-state index in [4.69, 9.17) is 0 Å². The van der Waals surface area contributed by atoms with Gasteiger partial charge in [0, 0.05) is 25.5 Å². The third-order valence-corrected chi connectivity index (χ3v) is 2.47. The van der Waals surface area contributed by atoms with Crippen molar-refractivity contribution in [2.24, 2.45) is 0 Å². The fraction of sp³-hybridized carbons (Fsp3) is 0.167. The van der Waals surface area contributed by atoms with E-state index in [0.29, 0.717) is 5.69 Å². The van der Waals surface area contributed by atoms with Crippen LogP contribution >= 0.6 is 0 Å². The van der Waals surface area contributed by atoms with Crippen LogP contribution in [-0.2, 0) is 9.59 Å². The van der Waals surface area contributed by atoms with E-state index in [0.717, 1.165) is 5.69 Å². The summed E-state index contributed by atoms with van der Waals surface area (Å²) in [6, 6.07) is 7.15. The molecule has 2 aromatic rings. The molecule has 0 saturated heterocycles. The first-order chi connectivity index (χ1) is 9.56. The summed E-state index contributed by atoms with van der Waals surface area (Å²) >= 11 is 0. The zero-order chi connectivity index (χ0) is 14.5. The van der Waals surface area contributed by atoms with Gasteiger partial charge in [-0.05, 0) is 18.2 Å². The first-order valence-corrected chi connectivity index (χ1v) is 5.81. The average molecular weight is 274 g/mol. The normalized spacial score (nSPS) is 9.90. The molecule has 0 aliphatic rings. The number of benzene rings is 1. The van der Waals surface area contributed by atoms with Gasteiger partial charge < -0.3 is 10.2 Å². The number of anilines is 3. The quantitative estimate of drug-likeness (QED) is 0.705. The van der Waals surface area contributed by atoms with Crippen LogP contribution in [0.25, 0.3) is 0 Å². The molecule has 0 unspecified atom stereocenters. The third-order valence-electron chi connectivity index (χ3n) is 2.47. The van der Waals surface area contributed by atoms with Crippen molar-refractivity contribution in [3.63, 3.8) is 0 Å². The van der Waals surface area contributed by atoms with Crippen LogP contribution in [0, 0.1) is 0 Å². The highest BCUT2D eigenvalue weighted by molar-refractivity contribution is 6.43. The summed E-state index contributed by atoms with van der Waals surface area (Å²) in [5, 5.41) is 10.8. The number of nitrogens with one attached hydrogen (secondary N) is 3. The van der Waals surface area contributed by atoms with Gasteiger partial charge in [0.25, 0.3) is 0 Å². The zero-order valence-electron chi connectivity index (χ0n) is 11.0. The first-order valence-electron chi connectivity index (χ1n) is 5.81. The van der Waals surface area contributed by atoms with E-state index in [2.05, 4.69) is 25.8 Å². The topological polar surface area (TPSA) is 103 Å². The van der Waals surface area contributed by atoms with Crippen molar-refractivity contribution in [3.8, 4) is 0 Å². The van der Waals surface area contributed by atoms with Crippen molar-refractivity contribution < 1.29 is 9.59 Å². The van der Waals surface area contributed by atoms with Gasteiger partial charge in [-0.25, -0.2) is 5.10 Å². The van der Waals surface area contributed by atoms with Crippen LogP contribution in [0.3, 0.4) is 0 Å².